The van der Waals surface area contributed by atoms with E-state index >= 15 is 0 Å². The van der Waals surface area contributed by atoms with Crippen LogP contribution in [0.2, 0.25) is 5.02 Å². The van der Waals surface area contributed by atoms with Crippen molar-refractivity contribution in [3.63, 3.8) is 0 Å². The van der Waals surface area contributed by atoms with Crippen LogP contribution in [0, 0.1) is 5.92 Å². The molecule has 2 heterocycles. The summed E-state index contributed by atoms with van der Waals surface area (Å²) in [6, 6.07) is 18.3. The molecule has 4 rings (SSSR count). The van der Waals surface area contributed by atoms with Crippen LogP contribution in [0.15, 0.2) is 54.6 Å². The molecule has 0 aliphatic carbocycles. The number of anilines is 1. The Hall–Kier alpha value is -2.59. The summed E-state index contributed by atoms with van der Waals surface area (Å²) in [4.78, 5) is 22.0. The van der Waals surface area contributed by atoms with Gasteiger partial charge in [0.05, 0.1) is 11.2 Å². The van der Waals surface area contributed by atoms with Crippen LogP contribution in [-0.2, 0) is 4.79 Å². The maximum atomic E-state index is 12.8. The van der Waals surface area contributed by atoms with Crippen LogP contribution in [0.5, 0.6) is 0 Å². The lowest BCUT2D eigenvalue weighted by atomic mass is 9.94. The second kappa shape index (κ2) is 9.05. The number of para-hydroxylation sites is 1. The molecule has 0 unspecified atom stereocenters. The number of fused-ring (bicyclic) bond motifs is 1. The van der Waals surface area contributed by atoms with Gasteiger partial charge in [-0.1, -0.05) is 41.9 Å². The number of nitrogens with zero attached hydrogens (tertiary/aromatic N) is 3. The number of aromatic nitrogens is 1. The molecule has 1 fully saturated rings. The summed E-state index contributed by atoms with van der Waals surface area (Å²) in [5.41, 5.74) is 4.18. The van der Waals surface area contributed by atoms with Gasteiger partial charge in [-0.3, -0.25) is 4.79 Å². The van der Waals surface area contributed by atoms with Gasteiger partial charge in [-0.25, -0.2) is 4.98 Å². The Morgan fingerprint density at radius 1 is 1.07 bits per heavy atom. The molecule has 0 atom stereocenters. The van der Waals surface area contributed by atoms with E-state index in [0.717, 1.165) is 66.2 Å². The van der Waals surface area contributed by atoms with Gasteiger partial charge < -0.3 is 9.80 Å². The van der Waals surface area contributed by atoms with Gasteiger partial charge in [-0.15, -0.1) is 0 Å². The maximum Gasteiger partial charge on any atom is 0.225 e. The molecule has 1 saturated heterocycles. The molecule has 0 N–H and O–H groups in total. The zero-order valence-electron chi connectivity index (χ0n) is 17.6. The second-order valence-corrected chi connectivity index (χ2v) is 8.26. The molecule has 1 aliphatic rings. The van der Waals surface area contributed by atoms with Crippen LogP contribution in [0.25, 0.3) is 22.2 Å². The van der Waals surface area contributed by atoms with Crippen LogP contribution >= 0.6 is 11.6 Å². The number of amides is 1. The highest BCUT2D eigenvalue weighted by Gasteiger charge is 2.28. The second-order valence-electron chi connectivity index (χ2n) is 7.82. The number of carbonyl (C=O) groups excluding carboxylic acids is 1. The normalized spacial score (nSPS) is 14.8. The number of piperidine rings is 1. The number of carbonyl (C=O) groups is 1. The molecule has 1 aliphatic heterocycles. The first-order valence-electron chi connectivity index (χ1n) is 10.8. The Morgan fingerprint density at radius 3 is 2.40 bits per heavy atom. The van der Waals surface area contributed by atoms with Crippen LogP contribution < -0.4 is 4.90 Å². The van der Waals surface area contributed by atoms with E-state index < -0.39 is 0 Å². The van der Waals surface area contributed by atoms with Gasteiger partial charge in [0.25, 0.3) is 0 Å². The monoisotopic (exact) mass is 421 g/mol. The van der Waals surface area contributed by atoms with Gasteiger partial charge in [0.1, 0.15) is 0 Å². The van der Waals surface area contributed by atoms with Crippen molar-refractivity contribution >= 4 is 34.1 Å². The van der Waals surface area contributed by atoms with Crippen molar-refractivity contribution in [2.45, 2.75) is 26.7 Å². The van der Waals surface area contributed by atoms with Gasteiger partial charge in [0, 0.05) is 53.8 Å². The third-order valence-corrected chi connectivity index (χ3v) is 6.35. The van der Waals surface area contributed by atoms with Crippen LogP contribution in [0.1, 0.15) is 26.7 Å². The van der Waals surface area contributed by atoms with Crippen LogP contribution in [-0.4, -0.2) is 42.0 Å². The van der Waals surface area contributed by atoms with E-state index in [1.807, 2.05) is 35.2 Å². The summed E-state index contributed by atoms with van der Waals surface area (Å²) >= 11 is 6.07. The summed E-state index contributed by atoms with van der Waals surface area (Å²) in [6.07, 6.45) is 1.78. The van der Waals surface area contributed by atoms with Crippen LogP contribution in [0.3, 0.4) is 0 Å². The van der Waals surface area contributed by atoms with Gasteiger partial charge in [0.15, 0.2) is 0 Å². The highest BCUT2D eigenvalue weighted by Crippen LogP contribution is 2.34. The molecule has 30 heavy (non-hydrogen) atoms. The zero-order chi connectivity index (χ0) is 21.1. The lowest BCUT2D eigenvalue weighted by molar-refractivity contribution is -0.135. The molecule has 0 radical (unpaired) electrons. The lowest BCUT2D eigenvalue weighted by Gasteiger charge is -2.35. The topological polar surface area (TPSA) is 36.4 Å². The fourth-order valence-corrected chi connectivity index (χ4v) is 4.47. The minimum Gasteiger partial charge on any atom is -0.371 e. The molecule has 1 aromatic heterocycles. The van der Waals surface area contributed by atoms with E-state index in [2.05, 4.69) is 43.0 Å². The number of pyridine rings is 1. The number of hydrogen-bond donors (Lipinski definition) is 0. The summed E-state index contributed by atoms with van der Waals surface area (Å²) in [5, 5.41) is 1.88. The minimum atomic E-state index is 0.130. The lowest BCUT2D eigenvalue weighted by Crippen LogP contribution is -2.42. The van der Waals surface area contributed by atoms with Crippen LogP contribution in [0.4, 0.5) is 5.69 Å². The minimum absolute atomic E-state index is 0.130. The van der Waals surface area contributed by atoms with E-state index in [0.29, 0.717) is 5.91 Å². The van der Waals surface area contributed by atoms with E-state index in [4.69, 9.17) is 16.6 Å². The molecule has 2 aromatic carbocycles. The van der Waals surface area contributed by atoms with E-state index in [9.17, 15) is 4.79 Å². The molecule has 3 aromatic rings. The number of rotatable bonds is 5. The van der Waals surface area contributed by atoms with Gasteiger partial charge in [-0.05, 0) is 51.0 Å². The molecular formula is C25H28ClN3O. The average molecular weight is 422 g/mol. The van der Waals surface area contributed by atoms with E-state index in [1.165, 1.54) is 5.69 Å². The fourth-order valence-electron chi connectivity index (χ4n) is 4.35. The molecule has 0 saturated carbocycles. The molecule has 1 amide bonds. The highest BCUT2D eigenvalue weighted by atomic mass is 35.5. The molecule has 0 bridgehead atoms. The van der Waals surface area contributed by atoms with Crippen molar-refractivity contribution in [2.75, 3.05) is 31.1 Å². The smallest absolute Gasteiger partial charge is 0.225 e. The summed E-state index contributed by atoms with van der Waals surface area (Å²) < 4.78 is 0. The SMILES string of the molecule is CCN(CC)C(=O)C1CCN(c2cc(-c3ccc(Cl)cc3)nc3ccccc23)CC1. The molecule has 5 heteroatoms. The average Bonchev–Trinajstić information content (AvgIpc) is 2.79. The Balaban J connectivity index is 1.63. The van der Waals surface area contributed by atoms with Gasteiger partial charge in [-0.2, -0.15) is 0 Å². The van der Waals surface area contributed by atoms with Crippen molar-refractivity contribution in [1.29, 1.82) is 0 Å². The largest absolute Gasteiger partial charge is 0.371 e. The van der Waals surface area contributed by atoms with Crippen molar-refractivity contribution in [1.82, 2.24) is 9.88 Å². The molecule has 0 spiro atoms. The standard InChI is InChI=1S/C25H28ClN3O/c1-3-28(4-2)25(30)19-13-15-29(16-14-19)24-17-23(18-9-11-20(26)12-10-18)27-22-8-6-5-7-21(22)24/h5-12,17,19H,3-4,13-16H2,1-2H3. The number of halogens is 1. The molecule has 156 valence electrons. The molecule has 4 nitrogen and oxygen atoms in total. The first kappa shape index (κ1) is 20.7. The fraction of sp³-hybridized carbons (Fsp3) is 0.360. The first-order valence-corrected chi connectivity index (χ1v) is 11.2. The summed E-state index contributed by atoms with van der Waals surface area (Å²) in [7, 11) is 0. The molecular weight excluding hydrogens is 394 g/mol. The number of hydrogen-bond acceptors (Lipinski definition) is 3. The van der Waals surface area contributed by atoms with Crippen molar-refractivity contribution in [3.05, 3.63) is 59.6 Å². The number of benzene rings is 2. The zero-order valence-corrected chi connectivity index (χ0v) is 18.4. The Bertz CT molecular complexity index is 1020. The van der Waals surface area contributed by atoms with Crippen molar-refractivity contribution in [2.24, 2.45) is 5.92 Å². The van der Waals surface area contributed by atoms with E-state index in [1.54, 1.807) is 0 Å². The Morgan fingerprint density at radius 2 is 1.73 bits per heavy atom. The summed E-state index contributed by atoms with van der Waals surface area (Å²) in [5.74, 6) is 0.436. The predicted octanol–water partition coefficient (Wildman–Crippen LogP) is 5.64. The van der Waals surface area contributed by atoms with Crippen molar-refractivity contribution < 1.29 is 4.79 Å². The van der Waals surface area contributed by atoms with Crippen molar-refractivity contribution in [3.8, 4) is 11.3 Å². The van der Waals surface area contributed by atoms with E-state index in [-0.39, 0.29) is 5.92 Å². The third kappa shape index (κ3) is 4.15. The highest BCUT2D eigenvalue weighted by molar-refractivity contribution is 6.30. The van der Waals surface area contributed by atoms with Gasteiger partial charge in [0.2, 0.25) is 5.91 Å². The quantitative estimate of drug-likeness (QED) is 0.534. The Labute approximate surface area is 183 Å². The summed E-state index contributed by atoms with van der Waals surface area (Å²) in [6.45, 7) is 7.44. The third-order valence-electron chi connectivity index (χ3n) is 6.09. The van der Waals surface area contributed by atoms with Gasteiger partial charge >= 0.3 is 0 Å². The Kier molecular flexibility index (Phi) is 6.24. The predicted molar refractivity (Wildman–Crippen MR) is 125 cm³/mol. The maximum absolute atomic E-state index is 12.8. The first-order chi connectivity index (χ1) is 14.6.